The fourth-order valence-corrected chi connectivity index (χ4v) is 2.16. The molecule has 3 N–H and O–H groups in total. The fourth-order valence-electron chi connectivity index (χ4n) is 2.16. The average Bonchev–Trinajstić information content (AvgIpc) is 2.58. The van der Waals surface area contributed by atoms with Crippen LogP contribution in [-0.2, 0) is 4.79 Å². The van der Waals surface area contributed by atoms with Crippen LogP contribution in [0.1, 0.15) is 6.92 Å². The average molecular weight is 341 g/mol. The van der Waals surface area contributed by atoms with E-state index in [1.807, 2.05) is 0 Å². The van der Waals surface area contributed by atoms with Crippen LogP contribution in [0.5, 0.6) is 0 Å². The highest BCUT2D eigenvalue weighted by Crippen LogP contribution is 2.29. The van der Waals surface area contributed by atoms with Gasteiger partial charge < -0.3 is 11.1 Å². The predicted molar refractivity (Wildman–Crippen MR) is 96.0 cm³/mol. The molecule has 0 atom stereocenters. The lowest BCUT2D eigenvalue weighted by Crippen LogP contribution is -2.17. The molecule has 0 heterocycles. The van der Waals surface area contributed by atoms with Crippen molar-refractivity contribution >= 4 is 17.8 Å². The summed E-state index contributed by atoms with van der Waals surface area (Å²) < 4.78 is 26.7. The van der Waals surface area contributed by atoms with Gasteiger partial charge in [-0.15, -0.1) is 0 Å². The van der Waals surface area contributed by atoms with Gasteiger partial charge in [0.2, 0.25) is 0 Å². The number of hydrogen-bond acceptors (Lipinski definition) is 3. The Hall–Kier alpha value is -3.28. The Labute approximate surface area is 144 Å². The number of halogens is 2. The number of allylic oxidation sites excluding steroid dienone is 2. The molecule has 0 saturated heterocycles. The van der Waals surface area contributed by atoms with E-state index in [9.17, 15) is 13.6 Å². The minimum atomic E-state index is -0.965. The molecule has 0 bridgehead atoms. The summed E-state index contributed by atoms with van der Waals surface area (Å²) in [5, 5.41) is 2.69. The molecule has 6 heteroatoms. The lowest BCUT2D eigenvalue weighted by Gasteiger charge is -2.12. The van der Waals surface area contributed by atoms with E-state index in [0.717, 1.165) is 12.1 Å². The molecule has 0 unspecified atom stereocenters. The smallest absolute Gasteiger partial charge is 0.276 e. The molecule has 25 heavy (non-hydrogen) atoms. The van der Waals surface area contributed by atoms with Gasteiger partial charge in [0, 0.05) is 23.2 Å². The highest BCUT2D eigenvalue weighted by Gasteiger charge is 2.14. The number of para-hydroxylation sites is 1. The van der Waals surface area contributed by atoms with Crippen LogP contribution < -0.4 is 11.1 Å². The number of nitrogens with one attached hydrogen (secondary N) is 1. The van der Waals surface area contributed by atoms with Crippen LogP contribution >= 0.6 is 0 Å². The van der Waals surface area contributed by atoms with Gasteiger partial charge in [0.15, 0.2) is 11.6 Å². The number of carbonyl (C=O) groups is 1. The van der Waals surface area contributed by atoms with Crippen molar-refractivity contribution in [1.29, 1.82) is 0 Å². The van der Waals surface area contributed by atoms with E-state index >= 15 is 0 Å². The largest absolute Gasteiger partial charge is 0.400 e. The van der Waals surface area contributed by atoms with Crippen LogP contribution in [0.15, 0.2) is 71.5 Å². The quantitative estimate of drug-likeness (QED) is 0.637. The number of aliphatic imine (C=N–C) groups is 1. The molecular weight excluding hydrogens is 324 g/mol. The lowest BCUT2D eigenvalue weighted by atomic mass is 10.0. The Balaban J connectivity index is 2.39. The SMILES string of the molecule is C=CC=N/C(C(=O)Nc1ccccc1-c1ccc(F)c(F)c1)=C(\C)N. The second kappa shape index (κ2) is 8.01. The van der Waals surface area contributed by atoms with Gasteiger partial charge in [-0.05, 0) is 30.7 Å². The first-order valence-corrected chi connectivity index (χ1v) is 7.41. The first-order chi connectivity index (χ1) is 11.9. The summed E-state index contributed by atoms with van der Waals surface area (Å²) >= 11 is 0. The van der Waals surface area contributed by atoms with Crippen molar-refractivity contribution in [2.45, 2.75) is 6.92 Å². The van der Waals surface area contributed by atoms with Gasteiger partial charge >= 0.3 is 0 Å². The topological polar surface area (TPSA) is 67.5 Å². The molecule has 0 radical (unpaired) electrons. The molecule has 4 nitrogen and oxygen atoms in total. The first kappa shape index (κ1) is 18.1. The predicted octanol–water partition coefficient (Wildman–Crippen LogP) is 4.02. The molecule has 0 aliphatic carbocycles. The molecule has 0 aliphatic heterocycles. The summed E-state index contributed by atoms with van der Waals surface area (Å²) in [6.45, 7) is 5.05. The van der Waals surface area contributed by atoms with Crippen molar-refractivity contribution in [1.82, 2.24) is 0 Å². The Morgan fingerprint density at radius 2 is 1.92 bits per heavy atom. The highest BCUT2D eigenvalue weighted by atomic mass is 19.2. The van der Waals surface area contributed by atoms with Gasteiger partial charge in [0.1, 0.15) is 5.70 Å². The summed E-state index contributed by atoms with van der Waals surface area (Å²) in [4.78, 5) is 16.4. The molecule has 2 aromatic carbocycles. The number of hydrogen-bond donors (Lipinski definition) is 2. The molecule has 0 fully saturated rings. The third kappa shape index (κ3) is 4.38. The van der Waals surface area contributed by atoms with Crippen LogP contribution in [0.2, 0.25) is 0 Å². The fraction of sp³-hybridized carbons (Fsp3) is 0.0526. The molecule has 2 aromatic rings. The lowest BCUT2D eigenvalue weighted by molar-refractivity contribution is -0.112. The van der Waals surface area contributed by atoms with E-state index in [0.29, 0.717) is 16.8 Å². The maximum atomic E-state index is 13.5. The number of benzene rings is 2. The zero-order chi connectivity index (χ0) is 18.4. The highest BCUT2D eigenvalue weighted by molar-refractivity contribution is 6.06. The zero-order valence-corrected chi connectivity index (χ0v) is 13.6. The summed E-state index contributed by atoms with van der Waals surface area (Å²) in [5.41, 5.74) is 7.37. The van der Waals surface area contributed by atoms with Gasteiger partial charge in [-0.2, -0.15) is 0 Å². The van der Waals surface area contributed by atoms with Gasteiger partial charge in [0.05, 0.1) is 0 Å². The molecular formula is C19H17F2N3O. The van der Waals surface area contributed by atoms with Gasteiger partial charge in [0.25, 0.3) is 5.91 Å². The van der Waals surface area contributed by atoms with Gasteiger partial charge in [-0.3, -0.25) is 4.79 Å². The normalized spacial score (nSPS) is 12.0. The summed E-state index contributed by atoms with van der Waals surface area (Å²) in [5.74, 6) is -2.42. The minimum absolute atomic E-state index is 0.0417. The Morgan fingerprint density at radius 3 is 2.56 bits per heavy atom. The molecule has 0 aromatic heterocycles. The number of rotatable bonds is 5. The zero-order valence-electron chi connectivity index (χ0n) is 13.6. The van der Waals surface area contributed by atoms with Gasteiger partial charge in [-0.25, -0.2) is 13.8 Å². The summed E-state index contributed by atoms with van der Waals surface area (Å²) in [6, 6.07) is 10.3. The maximum absolute atomic E-state index is 13.5. The third-order valence-corrected chi connectivity index (χ3v) is 3.30. The van der Waals surface area contributed by atoms with Crippen molar-refractivity contribution in [3.63, 3.8) is 0 Å². The van der Waals surface area contributed by atoms with Crippen LogP contribution in [0.25, 0.3) is 11.1 Å². The molecule has 0 saturated carbocycles. The first-order valence-electron chi connectivity index (χ1n) is 7.41. The Morgan fingerprint density at radius 1 is 1.20 bits per heavy atom. The van der Waals surface area contributed by atoms with E-state index < -0.39 is 17.5 Å². The second-order valence-corrected chi connectivity index (χ2v) is 5.17. The molecule has 2 rings (SSSR count). The van der Waals surface area contributed by atoms with Crippen LogP contribution in [-0.4, -0.2) is 12.1 Å². The van der Waals surface area contributed by atoms with E-state index in [-0.39, 0.29) is 11.4 Å². The number of carbonyl (C=O) groups excluding carboxylic acids is 1. The van der Waals surface area contributed by atoms with Crippen molar-refractivity contribution in [3.05, 3.63) is 78.1 Å². The molecule has 128 valence electrons. The van der Waals surface area contributed by atoms with Crippen LogP contribution in [0, 0.1) is 11.6 Å². The summed E-state index contributed by atoms with van der Waals surface area (Å²) in [6.07, 6.45) is 2.78. The van der Waals surface area contributed by atoms with Crippen LogP contribution in [0.3, 0.4) is 0 Å². The Bertz CT molecular complexity index is 869. The van der Waals surface area contributed by atoms with E-state index in [1.165, 1.54) is 18.4 Å². The number of nitrogens with zero attached hydrogens (tertiary/aromatic N) is 1. The standard InChI is InChI=1S/C19H17F2N3O/c1-3-10-23-18(12(2)22)19(25)24-17-7-5-4-6-14(17)13-8-9-15(20)16(21)11-13/h3-11H,1,22H2,2H3,(H,24,25)/b18-12+,23-10?. The molecule has 1 amide bonds. The second-order valence-electron chi connectivity index (χ2n) is 5.17. The van der Waals surface area contributed by atoms with Crippen molar-refractivity contribution in [2.24, 2.45) is 10.7 Å². The number of nitrogens with two attached hydrogens (primary N) is 1. The Kier molecular flexibility index (Phi) is 5.79. The van der Waals surface area contributed by atoms with E-state index in [4.69, 9.17) is 5.73 Å². The van der Waals surface area contributed by atoms with E-state index in [1.54, 1.807) is 31.2 Å². The molecule has 0 spiro atoms. The monoisotopic (exact) mass is 341 g/mol. The minimum Gasteiger partial charge on any atom is -0.400 e. The van der Waals surface area contributed by atoms with Crippen LogP contribution in [0.4, 0.5) is 14.5 Å². The van der Waals surface area contributed by atoms with E-state index in [2.05, 4.69) is 16.9 Å². The van der Waals surface area contributed by atoms with Gasteiger partial charge in [-0.1, -0.05) is 36.9 Å². The van der Waals surface area contributed by atoms with Crippen molar-refractivity contribution in [2.75, 3.05) is 5.32 Å². The van der Waals surface area contributed by atoms with Crippen molar-refractivity contribution < 1.29 is 13.6 Å². The molecule has 0 aliphatic rings. The maximum Gasteiger partial charge on any atom is 0.276 e. The summed E-state index contributed by atoms with van der Waals surface area (Å²) in [7, 11) is 0. The third-order valence-electron chi connectivity index (χ3n) is 3.30. The number of amides is 1. The van der Waals surface area contributed by atoms with Crippen molar-refractivity contribution in [3.8, 4) is 11.1 Å². The number of anilines is 1.